The molecule has 0 aromatic carbocycles. The average molecular weight is 275 g/mol. The molecule has 1 aromatic rings. The third-order valence-electron chi connectivity index (χ3n) is 3.99. The van der Waals surface area contributed by atoms with Crippen molar-refractivity contribution >= 4 is 0 Å². The predicted molar refractivity (Wildman–Crippen MR) is 66.7 cm³/mol. The number of aromatic nitrogens is 2. The van der Waals surface area contributed by atoms with Gasteiger partial charge in [0.05, 0.1) is 11.6 Å². The van der Waals surface area contributed by atoms with Crippen LogP contribution in [0.15, 0.2) is 0 Å². The average Bonchev–Trinajstić information content (AvgIpc) is 2.66. The number of hydrogen-bond acceptors (Lipinski definition) is 2. The molecule has 6 heteroatoms. The number of rotatable bonds is 3. The molecule has 0 radical (unpaired) electrons. The van der Waals surface area contributed by atoms with Gasteiger partial charge < -0.3 is 5.32 Å². The monoisotopic (exact) mass is 275 g/mol. The maximum atomic E-state index is 12.7. The third-order valence-corrected chi connectivity index (χ3v) is 3.99. The minimum absolute atomic E-state index is 0.0472. The summed E-state index contributed by atoms with van der Waals surface area (Å²) in [6.45, 7) is 4.42. The van der Waals surface area contributed by atoms with Crippen molar-refractivity contribution in [3.63, 3.8) is 0 Å². The summed E-state index contributed by atoms with van der Waals surface area (Å²) in [5, 5.41) is 10.2. The van der Waals surface area contributed by atoms with E-state index in [0.717, 1.165) is 23.4 Å². The molecule has 1 aromatic heterocycles. The zero-order valence-electron chi connectivity index (χ0n) is 11.3. The van der Waals surface area contributed by atoms with Gasteiger partial charge in [0, 0.05) is 23.8 Å². The quantitative estimate of drug-likeness (QED) is 0.889. The fraction of sp³-hybridized carbons (Fsp3) is 0.769. The van der Waals surface area contributed by atoms with Crippen molar-refractivity contribution in [3.8, 4) is 0 Å². The summed E-state index contributed by atoms with van der Waals surface area (Å²) in [5.41, 5.74) is 2.95. The minimum atomic E-state index is -4.05. The van der Waals surface area contributed by atoms with E-state index in [0.29, 0.717) is 13.0 Å². The number of nitrogens with zero attached hydrogens (tertiary/aromatic N) is 1. The number of H-pyrrole nitrogens is 1. The summed E-state index contributed by atoms with van der Waals surface area (Å²) < 4.78 is 38.1. The van der Waals surface area contributed by atoms with Crippen LogP contribution in [0.25, 0.3) is 0 Å². The highest BCUT2D eigenvalue weighted by Gasteiger charge is 2.41. The molecule has 1 fully saturated rings. The molecule has 0 bridgehead atoms. The first kappa shape index (κ1) is 14.4. The van der Waals surface area contributed by atoms with Crippen molar-refractivity contribution in [2.75, 3.05) is 0 Å². The van der Waals surface area contributed by atoms with Gasteiger partial charge in [-0.05, 0) is 33.1 Å². The van der Waals surface area contributed by atoms with Gasteiger partial charge in [-0.3, -0.25) is 5.10 Å². The minimum Gasteiger partial charge on any atom is -0.310 e. The van der Waals surface area contributed by atoms with Gasteiger partial charge in [0.15, 0.2) is 0 Å². The summed E-state index contributed by atoms with van der Waals surface area (Å²) in [6, 6.07) is -0.0472. The van der Waals surface area contributed by atoms with Crippen LogP contribution in [-0.2, 0) is 6.54 Å². The van der Waals surface area contributed by atoms with E-state index >= 15 is 0 Å². The topological polar surface area (TPSA) is 40.7 Å². The lowest BCUT2D eigenvalue weighted by Gasteiger charge is -2.31. The largest absolute Gasteiger partial charge is 0.391 e. The zero-order chi connectivity index (χ0) is 14.0. The van der Waals surface area contributed by atoms with Crippen LogP contribution in [0.3, 0.4) is 0 Å². The van der Waals surface area contributed by atoms with Crippen molar-refractivity contribution < 1.29 is 13.2 Å². The molecule has 0 amide bonds. The molecule has 1 aliphatic carbocycles. The van der Waals surface area contributed by atoms with E-state index in [-0.39, 0.29) is 18.9 Å². The number of aromatic amines is 1. The molecule has 2 atom stereocenters. The smallest absolute Gasteiger partial charge is 0.310 e. The summed E-state index contributed by atoms with van der Waals surface area (Å²) in [6.07, 6.45) is -2.12. The summed E-state index contributed by atoms with van der Waals surface area (Å²) in [7, 11) is 0. The highest BCUT2D eigenvalue weighted by Crippen LogP contribution is 2.37. The molecular formula is C13H20F3N3. The van der Waals surface area contributed by atoms with E-state index < -0.39 is 12.1 Å². The molecule has 1 aliphatic rings. The van der Waals surface area contributed by atoms with Gasteiger partial charge in [0.1, 0.15) is 0 Å². The Morgan fingerprint density at radius 2 is 2.05 bits per heavy atom. The SMILES string of the molecule is Cc1n[nH]c(C)c1CN[C@H]1CCC[C@@H](C(F)(F)F)C1. The van der Waals surface area contributed by atoms with Gasteiger partial charge >= 0.3 is 6.18 Å². The second-order valence-corrected chi connectivity index (χ2v) is 5.40. The highest BCUT2D eigenvalue weighted by molar-refractivity contribution is 5.22. The fourth-order valence-electron chi connectivity index (χ4n) is 2.75. The Labute approximate surface area is 111 Å². The van der Waals surface area contributed by atoms with E-state index in [1.165, 1.54) is 0 Å². The molecule has 1 heterocycles. The number of aryl methyl sites for hydroxylation is 2. The molecule has 108 valence electrons. The Hall–Kier alpha value is -1.04. The van der Waals surface area contributed by atoms with Gasteiger partial charge in [-0.1, -0.05) is 6.42 Å². The molecule has 19 heavy (non-hydrogen) atoms. The molecule has 0 saturated heterocycles. The molecule has 3 nitrogen and oxygen atoms in total. The Morgan fingerprint density at radius 3 is 2.63 bits per heavy atom. The zero-order valence-corrected chi connectivity index (χ0v) is 11.3. The van der Waals surface area contributed by atoms with Gasteiger partial charge in [0.2, 0.25) is 0 Å². The first-order valence-electron chi connectivity index (χ1n) is 6.68. The van der Waals surface area contributed by atoms with Crippen LogP contribution in [0, 0.1) is 19.8 Å². The fourth-order valence-corrected chi connectivity index (χ4v) is 2.75. The van der Waals surface area contributed by atoms with Gasteiger partial charge in [-0.15, -0.1) is 0 Å². The van der Waals surface area contributed by atoms with Crippen molar-refractivity contribution in [3.05, 3.63) is 17.0 Å². The summed E-state index contributed by atoms with van der Waals surface area (Å²) >= 11 is 0. The summed E-state index contributed by atoms with van der Waals surface area (Å²) in [4.78, 5) is 0. The lowest BCUT2D eigenvalue weighted by atomic mass is 9.85. The Morgan fingerprint density at radius 1 is 1.32 bits per heavy atom. The normalized spacial score (nSPS) is 24.7. The first-order valence-corrected chi connectivity index (χ1v) is 6.68. The molecule has 0 spiro atoms. The molecule has 0 unspecified atom stereocenters. The maximum Gasteiger partial charge on any atom is 0.391 e. The highest BCUT2D eigenvalue weighted by atomic mass is 19.4. The first-order chi connectivity index (χ1) is 8.88. The molecule has 2 rings (SSSR count). The van der Waals surface area contributed by atoms with E-state index in [9.17, 15) is 13.2 Å². The van der Waals surface area contributed by atoms with E-state index in [4.69, 9.17) is 0 Å². The predicted octanol–water partition coefficient (Wildman–Crippen LogP) is 3.24. The van der Waals surface area contributed by atoms with Crippen LogP contribution in [0.2, 0.25) is 0 Å². The molecule has 0 aliphatic heterocycles. The number of hydrogen-bond donors (Lipinski definition) is 2. The van der Waals surface area contributed by atoms with Crippen molar-refractivity contribution in [2.45, 2.75) is 58.3 Å². The number of alkyl halides is 3. The van der Waals surface area contributed by atoms with Crippen molar-refractivity contribution in [1.82, 2.24) is 15.5 Å². The lowest BCUT2D eigenvalue weighted by molar-refractivity contribution is -0.183. The second kappa shape index (κ2) is 5.53. The molecular weight excluding hydrogens is 255 g/mol. The number of nitrogens with one attached hydrogen (secondary N) is 2. The van der Waals surface area contributed by atoms with Crippen molar-refractivity contribution in [2.24, 2.45) is 5.92 Å². The van der Waals surface area contributed by atoms with Gasteiger partial charge in [0.25, 0.3) is 0 Å². The molecule has 2 N–H and O–H groups in total. The second-order valence-electron chi connectivity index (χ2n) is 5.40. The van der Waals surface area contributed by atoms with Crippen LogP contribution >= 0.6 is 0 Å². The van der Waals surface area contributed by atoms with Crippen LogP contribution in [-0.4, -0.2) is 22.4 Å². The van der Waals surface area contributed by atoms with E-state index in [1.54, 1.807) is 0 Å². The Balaban J connectivity index is 1.90. The Bertz CT molecular complexity index is 406. The number of halogens is 3. The standard InChI is InChI=1S/C13H20F3N3/c1-8-12(9(2)19-18-8)7-17-11-5-3-4-10(6-11)13(14,15)16/h10-11,17H,3-7H2,1-2H3,(H,18,19)/t10-,11+/m1/s1. The van der Waals surface area contributed by atoms with Gasteiger partial charge in [-0.2, -0.15) is 18.3 Å². The summed E-state index contributed by atoms with van der Waals surface area (Å²) in [5.74, 6) is -1.15. The van der Waals surface area contributed by atoms with Crippen LogP contribution in [0.5, 0.6) is 0 Å². The van der Waals surface area contributed by atoms with Crippen LogP contribution < -0.4 is 5.32 Å². The van der Waals surface area contributed by atoms with E-state index in [1.807, 2.05) is 13.8 Å². The Kier molecular flexibility index (Phi) is 4.18. The lowest BCUT2D eigenvalue weighted by Crippen LogP contribution is -2.38. The third kappa shape index (κ3) is 3.49. The van der Waals surface area contributed by atoms with Crippen LogP contribution in [0.1, 0.15) is 42.6 Å². The maximum absolute atomic E-state index is 12.7. The van der Waals surface area contributed by atoms with E-state index in [2.05, 4.69) is 15.5 Å². The van der Waals surface area contributed by atoms with Crippen molar-refractivity contribution in [1.29, 1.82) is 0 Å². The van der Waals surface area contributed by atoms with Gasteiger partial charge in [-0.25, -0.2) is 0 Å². The van der Waals surface area contributed by atoms with Crippen LogP contribution in [0.4, 0.5) is 13.2 Å². The molecule has 1 saturated carbocycles.